The van der Waals surface area contributed by atoms with Crippen molar-refractivity contribution in [2.45, 2.75) is 6.17 Å². The highest BCUT2D eigenvalue weighted by Gasteiger charge is 2.20. The van der Waals surface area contributed by atoms with Crippen molar-refractivity contribution in [1.82, 2.24) is 0 Å². The van der Waals surface area contributed by atoms with Crippen LogP contribution < -0.4 is 0 Å². The van der Waals surface area contributed by atoms with Crippen LogP contribution in [0, 0.1) is 3.57 Å². The van der Waals surface area contributed by atoms with Gasteiger partial charge in [-0.2, -0.15) is 0 Å². The lowest BCUT2D eigenvalue weighted by Crippen LogP contribution is -2.09. The van der Waals surface area contributed by atoms with Crippen molar-refractivity contribution < 1.29 is 13.9 Å². The molecule has 0 radical (unpaired) electrons. The number of hydrogen-bond donors (Lipinski definition) is 0. The maximum Gasteiger partial charge on any atom is 0.336 e. The van der Waals surface area contributed by atoms with Gasteiger partial charge in [0.15, 0.2) is 6.17 Å². The van der Waals surface area contributed by atoms with Crippen molar-refractivity contribution in [1.29, 1.82) is 0 Å². The fourth-order valence-corrected chi connectivity index (χ4v) is 1.67. The van der Waals surface area contributed by atoms with Crippen molar-refractivity contribution in [3.05, 3.63) is 45.6 Å². The summed E-state index contributed by atoms with van der Waals surface area (Å²) in [4.78, 5) is 11.0. The topological polar surface area (TPSA) is 26.3 Å². The predicted molar refractivity (Wildman–Crippen MR) is 64.2 cm³/mol. The lowest BCUT2D eigenvalue weighted by molar-refractivity contribution is -0.136. The molecule has 15 heavy (non-hydrogen) atoms. The zero-order chi connectivity index (χ0) is 11.4. The smallest absolute Gasteiger partial charge is 0.336 e. The molecule has 0 N–H and O–H groups in total. The molecule has 1 aromatic carbocycles. The van der Waals surface area contributed by atoms with Gasteiger partial charge in [-0.3, -0.25) is 0 Å². The molecule has 0 spiro atoms. The molecule has 0 saturated carbocycles. The normalized spacial score (nSPS) is 11.9. The van der Waals surface area contributed by atoms with Gasteiger partial charge < -0.3 is 4.74 Å². The Balaban J connectivity index is 2.89. The third kappa shape index (κ3) is 3.02. The summed E-state index contributed by atoms with van der Waals surface area (Å²) in [6, 6.07) is 6.85. The van der Waals surface area contributed by atoms with Crippen LogP contribution >= 0.6 is 22.6 Å². The summed E-state index contributed by atoms with van der Waals surface area (Å²) < 4.78 is 19.1. The highest BCUT2D eigenvalue weighted by Crippen LogP contribution is 2.26. The van der Waals surface area contributed by atoms with Gasteiger partial charge in [0, 0.05) is 3.57 Å². The van der Waals surface area contributed by atoms with Crippen LogP contribution in [-0.2, 0) is 9.53 Å². The van der Waals surface area contributed by atoms with Crippen LogP contribution in [-0.4, -0.2) is 13.1 Å². The number of rotatable bonds is 3. The second-order valence-electron chi connectivity index (χ2n) is 2.93. The second kappa shape index (κ2) is 5.25. The summed E-state index contributed by atoms with van der Waals surface area (Å²) in [7, 11) is 1.20. The number of esters is 1. The Morgan fingerprint density at radius 1 is 1.60 bits per heavy atom. The maximum absolute atomic E-state index is 13.7. The van der Waals surface area contributed by atoms with E-state index < -0.39 is 12.1 Å². The van der Waals surface area contributed by atoms with E-state index in [2.05, 4.69) is 33.9 Å². The monoisotopic (exact) mass is 320 g/mol. The summed E-state index contributed by atoms with van der Waals surface area (Å²) in [6.07, 6.45) is -1.51. The molecule has 0 aromatic heterocycles. The average molecular weight is 320 g/mol. The van der Waals surface area contributed by atoms with Gasteiger partial charge in [-0.1, -0.05) is 18.7 Å². The SMILES string of the molecule is C=C(C(=O)OC)C(F)c1cccc(I)c1. The Bertz CT molecular complexity index is 390. The Labute approximate surface area is 101 Å². The minimum Gasteiger partial charge on any atom is -0.466 e. The molecule has 0 aliphatic rings. The van der Waals surface area contributed by atoms with Crippen molar-refractivity contribution in [2.75, 3.05) is 7.11 Å². The number of alkyl halides is 1. The van der Waals surface area contributed by atoms with E-state index in [1.807, 2.05) is 6.07 Å². The molecule has 1 rings (SSSR count). The zero-order valence-corrected chi connectivity index (χ0v) is 10.3. The summed E-state index contributed by atoms with van der Waals surface area (Å²) >= 11 is 2.08. The van der Waals surface area contributed by atoms with E-state index in [9.17, 15) is 9.18 Å². The summed E-state index contributed by atoms with van der Waals surface area (Å²) in [5, 5.41) is 0. The Hall–Kier alpha value is -0.910. The molecule has 0 aliphatic carbocycles. The first-order valence-electron chi connectivity index (χ1n) is 4.23. The summed E-state index contributed by atoms with van der Waals surface area (Å²) in [5.74, 6) is -0.721. The molecule has 1 aromatic rings. The van der Waals surface area contributed by atoms with E-state index >= 15 is 0 Å². The van der Waals surface area contributed by atoms with Crippen molar-refractivity contribution >= 4 is 28.6 Å². The molecule has 1 unspecified atom stereocenters. The van der Waals surface area contributed by atoms with Crippen molar-refractivity contribution in [3.8, 4) is 0 Å². The highest BCUT2D eigenvalue weighted by molar-refractivity contribution is 14.1. The number of methoxy groups -OCH3 is 1. The van der Waals surface area contributed by atoms with E-state index in [1.54, 1.807) is 18.2 Å². The Kier molecular flexibility index (Phi) is 4.26. The van der Waals surface area contributed by atoms with Gasteiger partial charge in [0.25, 0.3) is 0 Å². The Morgan fingerprint density at radius 2 is 2.27 bits per heavy atom. The van der Waals surface area contributed by atoms with Crippen LogP contribution in [0.5, 0.6) is 0 Å². The van der Waals surface area contributed by atoms with Gasteiger partial charge in [0.2, 0.25) is 0 Å². The van der Waals surface area contributed by atoms with E-state index in [0.717, 1.165) is 3.57 Å². The number of ether oxygens (including phenoxy) is 1. The van der Waals surface area contributed by atoms with E-state index in [0.29, 0.717) is 5.56 Å². The molecule has 1 atom stereocenters. The van der Waals surface area contributed by atoms with Gasteiger partial charge >= 0.3 is 5.97 Å². The molecule has 80 valence electrons. The van der Waals surface area contributed by atoms with E-state index in [1.165, 1.54) is 7.11 Å². The third-order valence-corrected chi connectivity index (χ3v) is 2.57. The standard InChI is InChI=1S/C11H10FIO2/c1-7(11(14)15-2)10(12)8-4-3-5-9(13)6-8/h3-6,10H,1H2,2H3. The molecule has 4 heteroatoms. The van der Waals surface area contributed by atoms with Crippen LogP contribution in [0.1, 0.15) is 11.7 Å². The average Bonchev–Trinajstić information content (AvgIpc) is 2.26. The molecule has 0 amide bonds. The first kappa shape index (κ1) is 12.2. The first-order chi connectivity index (χ1) is 7.06. The van der Waals surface area contributed by atoms with E-state index in [4.69, 9.17) is 0 Å². The van der Waals surface area contributed by atoms with Gasteiger partial charge in [-0.05, 0) is 40.3 Å². The van der Waals surface area contributed by atoms with Crippen LogP contribution in [0.25, 0.3) is 0 Å². The summed E-state index contributed by atoms with van der Waals surface area (Å²) in [5.41, 5.74) is 0.233. The molecular formula is C11H10FIO2. The lowest BCUT2D eigenvalue weighted by atomic mass is 10.0. The highest BCUT2D eigenvalue weighted by atomic mass is 127. The van der Waals surface area contributed by atoms with Gasteiger partial charge in [0.1, 0.15) is 0 Å². The van der Waals surface area contributed by atoms with Crippen LogP contribution in [0.3, 0.4) is 0 Å². The van der Waals surface area contributed by atoms with Crippen molar-refractivity contribution in [2.24, 2.45) is 0 Å². The van der Waals surface area contributed by atoms with Gasteiger partial charge in [0.05, 0.1) is 12.7 Å². The maximum atomic E-state index is 13.7. The number of carbonyl (C=O) groups is 1. The third-order valence-electron chi connectivity index (χ3n) is 1.89. The number of halogens is 2. The second-order valence-corrected chi connectivity index (χ2v) is 4.18. The first-order valence-corrected chi connectivity index (χ1v) is 5.30. The van der Waals surface area contributed by atoms with Crippen LogP contribution in [0.4, 0.5) is 4.39 Å². The van der Waals surface area contributed by atoms with Crippen LogP contribution in [0.2, 0.25) is 0 Å². The van der Waals surface area contributed by atoms with Crippen molar-refractivity contribution in [3.63, 3.8) is 0 Å². The minimum absolute atomic E-state index is 0.181. The quantitative estimate of drug-likeness (QED) is 0.486. The number of hydrogen-bond acceptors (Lipinski definition) is 2. The molecular weight excluding hydrogens is 310 g/mol. The molecule has 0 heterocycles. The number of benzene rings is 1. The molecule has 0 saturated heterocycles. The molecule has 0 bridgehead atoms. The number of carbonyl (C=O) groups excluding carboxylic acids is 1. The minimum atomic E-state index is -1.51. The fourth-order valence-electron chi connectivity index (χ4n) is 1.10. The van der Waals surface area contributed by atoms with E-state index in [-0.39, 0.29) is 5.57 Å². The molecule has 0 aliphatic heterocycles. The van der Waals surface area contributed by atoms with Gasteiger partial charge in [-0.25, -0.2) is 9.18 Å². The largest absolute Gasteiger partial charge is 0.466 e. The zero-order valence-electron chi connectivity index (χ0n) is 8.17. The Morgan fingerprint density at radius 3 is 2.80 bits per heavy atom. The lowest BCUT2D eigenvalue weighted by Gasteiger charge is -2.10. The predicted octanol–water partition coefficient (Wildman–Crippen LogP) is 3.03. The molecule has 2 nitrogen and oxygen atoms in total. The van der Waals surface area contributed by atoms with Crippen LogP contribution in [0.15, 0.2) is 36.4 Å². The molecule has 0 fully saturated rings. The van der Waals surface area contributed by atoms with Gasteiger partial charge in [-0.15, -0.1) is 0 Å². The summed E-state index contributed by atoms with van der Waals surface area (Å²) in [6.45, 7) is 3.38. The fraction of sp³-hybridized carbons (Fsp3) is 0.182.